The monoisotopic (exact) mass is 324 g/mol. The average Bonchev–Trinajstić information content (AvgIpc) is 2.53. The fourth-order valence-electron chi connectivity index (χ4n) is 2.85. The lowest BCUT2D eigenvalue weighted by molar-refractivity contribution is -0.135. The van der Waals surface area contributed by atoms with Crippen LogP contribution in [0.15, 0.2) is 12.3 Å². The Morgan fingerprint density at radius 3 is 1.48 bits per heavy atom. The van der Waals surface area contributed by atoms with Crippen LogP contribution in [0.5, 0.6) is 0 Å². The molecule has 0 atom stereocenters. The van der Waals surface area contributed by atoms with E-state index in [1.54, 1.807) is 0 Å². The molecule has 0 radical (unpaired) electrons. The fraction of sp³-hybridized carbons (Fsp3) is 0.857. The third-order valence-electron chi connectivity index (χ3n) is 4.30. The van der Waals surface area contributed by atoms with E-state index in [2.05, 4.69) is 6.92 Å². The van der Waals surface area contributed by atoms with Gasteiger partial charge in [0.1, 0.15) is 0 Å². The van der Waals surface area contributed by atoms with Gasteiger partial charge in [-0.05, 0) is 18.9 Å². The van der Waals surface area contributed by atoms with Crippen LogP contribution in [0.1, 0.15) is 117 Å². The van der Waals surface area contributed by atoms with Crippen LogP contribution in [0.4, 0.5) is 0 Å². The normalized spacial score (nSPS) is 11.2. The lowest BCUT2D eigenvalue weighted by Gasteiger charge is -2.03. The number of hydrogen-bond acceptors (Lipinski definition) is 2. The Morgan fingerprint density at radius 1 is 0.696 bits per heavy atom. The first-order chi connectivity index (χ1) is 11.3. The van der Waals surface area contributed by atoms with Crippen LogP contribution in [-0.2, 0) is 9.53 Å². The largest absolute Gasteiger partial charge is 0.435 e. The van der Waals surface area contributed by atoms with Crippen LogP contribution in [0.2, 0.25) is 0 Å². The van der Waals surface area contributed by atoms with Gasteiger partial charge in [0.15, 0.2) is 0 Å². The minimum Gasteiger partial charge on any atom is -0.435 e. The molecular formula is C21H40O2. The molecule has 0 spiro atoms. The van der Waals surface area contributed by atoms with Gasteiger partial charge in [0.25, 0.3) is 0 Å². The summed E-state index contributed by atoms with van der Waals surface area (Å²) in [4.78, 5) is 10.5. The molecule has 0 fully saturated rings. The molecule has 0 aromatic carbocycles. The SMILES string of the molecule is CCCCCCCCCCCCCCCCC/C=C/OC(C)=O. The smallest absolute Gasteiger partial charge is 0.307 e. The van der Waals surface area contributed by atoms with Gasteiger partial charge in [-0.1, -0.05) is 96.8 Å². The quantitative estimate of drug-likeness (QED) is 0.159. The standard InChI is InChI=1S/C21H40O2/c1-3-4-5-6-7-8-9-10-11-12-13-14-15-16-17-18-19-20-23-21(2)22/h19-20H,3-18H2,1-2H3/b20-19+. The van der Waals surface area contributed by atoms with Crippen LogP contribution < -0.4 is 0 Å². The van der Waals surface area contributed by atoms with E-state index in [0.717, 1.165) is 6.42 Å². The highest BCUT2D eigenvalue weighted by Crippen LogP contribution is 2.13. The molecule has 0 amide bonds. The molecule has 0 saturated heterocycles. The lowest BCUT2D eigenvalue weighted by Crippen LogP contribution is -1.89. The van der Waals surface area contributed by atoms with E-state index >= 15 is 0 Å². The third kappa shape index (κ3) is 21.2. The Hall–Kier alpha value is -0.790. The Balaban J connectivity index is 3.02. The van der Waals surface area contributed by atoms with Crippen molar-refractivity contribution in [1.29, 1.82) is 0 Å². The molecule has 0 unspecified atom stereocenters. The molecule has 0 N–H and O–H groups in total. The van der Waals surface area contributed by atoms with Crippen molar-refractivity contribution in [3.8, 4) is 0 Å². The molecular weight excluding hydrogens is 284 g/mol. The second kappa shape index (κ2) is 19.3. The predicted octanol–water partition coefficient (Wildman–Crippen LogP) is 7.32. The summed E-state index contributed by atoms with van der Waals surface area (Å²) < 4.78 is 4.75. The Kier molecular flexibility index (Phi) is 18.6. The Morgan fingerprint density at radius 2 is 1.09 bits per heavy atom. The first-order valence-electron chi connectivity index (χ1n) is 10.1. The van der Waals surface area contributed by atoms with E-state index in [9.17, 15) is 4.79 Å². The van der Waals surface area contributed by atoms with Crippen molar-refractivity contribution in [1.82, 2.24) is 0 Å². The second-order valence-electron chi connectivity index (χ2n) is 6.72. The van der Waals surface area contributed by atoms with Gasteiger partial charge in [-0.15, -0.1) is 0 Å². The van der Waals surface area contributed by atoms with E-state index in [-0.39, 0.29) is 5.97 Å². The van der Waals surface area contributed by atoms with E-state index in [1.807, 2.05) is 6.08 Å². The number of ether oxygens (including phenoxy) is 1. The molecule has 0 bridgehead atoms. The number of carbonyl (C=O) groups is 1. The number of esters is 1. The van der Waals surface area contributed by atoms with Crippen LogP contribution in [0.3, 0.4) is 0 Å². The van der Waals surface area contributed by atoms with Gasteiger partial charge in [0.05, 0.1) is 6.26 Å². The van der Waals surface area contributed by atoms with Gasteiger partial charge in [-0.2, -0.15) is 0 Å². The summed E-state index contributed by atoms with van der Waals surface area (Å²) in [5, 5.41) is 0. The zero-order valence-corrected chi connectivity index (χ0v) is 15.8. The molecule has 136 valence electrons. The molecule has 0 aromatic rings. The highest BCUT2D eigenvalue weighted by Gasteiger charge is 1.94. The van der Waals surface area contributed by atoms with Gasteiger partial charge >= 0.3 is 5.97 Å². The zero-order valence-electron chi connectivity index (χ0n) is 15.8. The van der Waals surface area contributed by atoms with Gasteiger partial charge in [0, 0.05) is 6.92 Å². The van der Waals surface area contributed by atoms with E-state index in [1.165, 1.54) is 109 Å². The molecule has 0 heterocycles. The predicted molar refractivity (Wildman–Crippen MR) is 100 cm³/mol. The van der Waals surface area contributed by atoms with Gasteiger partial charge in [0.2, 0.25) is 0 Å². The summed E-state index contributed by atoms with van der Waals surface area (Å²) in [7, 11) is 0. The van der Waals surface area contributed by atoms with Crippen molar-refractivity contribution in [2.24, 2.45) is 0 Å². The number of allylic oxidation sites excluding steroid dienone is 1. The topological polar surface area (TPSA) is 26.3 Å². The molecule has 0 aromatic heterocycles. The van der Waals surface area contributed by atoms with E-state index in [0.29, 0.717) is 0 Å². The average molecular weight is 325 g/mol. The van der Waals surface area contributed by atoms with Crippen molar-refractivity contribution >= 4 is 5.97 Å². The number of hydrogen-bond donors (Lipinski definition) is 0. The summed E-state index contributed by atoms with van der Waals surface area (Å²) in [6, 6.07) is 0. The van der Waals surface area contributed by atoms with Crippen molar-refractivity contribution in [2.75, 3.05) is 0 Å². The highest BCUT2D eigenvalue weighted by molar-refractivity contribution is 5.66. The van der Waals surface area contributed by atoms with Crippen molar-refractivity contribution in [3.63, 3.8) is 0 Å². The third-order valence-corrected chi connectivity index (χ3v) is 4.30. The molecule has 0 saturated carbocycles. The summed E-state index contributed by atoms with van der Waals surface area (Å²) in [6.45, 7) is 3.71. The number of carbonyl (C=O) groups excluding carboxylic acids is 1. The van der Waals surface area contributed by atoms with Crippen LogP contribution >= 0.6 is 0 Å². The highest BCUT2D eigenvalue weighted by atomic mass is 16.5. The fourth-order valence-corrected chi connectivity index (χ4v) is 2.85. The Labute approximate surface area is 145 Å². The van der Waals surface area contributed by atoms with Gasteiger partial charge in [-0.3, -0.25) is 4.79 Å². The second-order valence-corrected chi connectivity index (χ2v) is 6.72. The molecule has 0 aliphatic rings. The Bertz CT molecular complexity index is 271. The first-order valence-corrected chi connectivity index (χ1v) is 10.1. The summed E-state index contributed by atoms with van der Waals surface area (Å²) in [5.74, 6) is -0.238. The van der Waals surface area contributed by atoms with Gasteiger partial charge < -0.3 is 4.74 Å². The van der Waals surface area contributed by atoms with Gasteiger partial charge in [-0.25, -0.2) is 0 Å². The molecule has 0 aliphatic heterocycles. The minimum atomic E-state index is -0.238. The lowest BCUT2D eigenvalue weighted by atomic mass is 10.0. The first kappa shape index (κ1) is 22.2. The molecule has 0 rings (SSSR count). The maximum atomic E-state index is 10.5. The maximum absolute atomic E-state index is 10.5. The van der Waals surface area contributed by atoms with Crippen LogP contribution in [0.25, 0.3) is 0 Å². The molecule has 23 heavy (non-hydrogen) atoms. The molecule has 0 aliphatic carbocycles. The van der Waals surface area contributed by atoms with E-state index < -0.39 is 0 Å². The maximum Gasteiger partial charge on any atom is 0.307 e. The van der Waals surface area contributed by atoms with Crippen molar-refractivity contribution in [3.05, 3.63) is 12.3 Å². The zero-order chi connectivity index (χ0) is 17.0. The van der Waals surface area contributed by atoms with Crippen LogP contribution in [0, 0.1) is 0 Å². The van der Waals surface area contributed by atoms with Crippen molar-refractivity contribution < 1.29 is 9.53 Å². The van der Waals surface area contributed by atoms with E-state index in [4.69, 9.17) is 4.74 Å². The summed E-state index contributed by atoms with van der Waals surface area (Å²) in [5.41, 5.74) is 0. The van der Waals surface area contributed by atoms with Crippen molar-refractivity contribution in [2.45, 2.75) is 117 Å². The number of rotatable bonds is 17. The number of unbranched alkanes of at least 4 members (excludes halogenated alkanes) is 15. The van der Waals surface area contributed by atoms with Crippen LogP contribution in [-0.4, -0.2) is 5.97 Å². The molecule has 2 heteroatoms. The molecule has 2 nitrogen and oxygen atoms in total. The summed E-state index contributed by atoms with van der Waals surface area (Å²) in [6.07, 6.45) is 25.4. The minimum absolute atomic E-state index is 0.238. The summed E-state index contributed by atoms with van der Waals surface area (Å²) >= 11 is 0.